The van der Waals surface area contributed by atoms with Crippen LogP contribution in [0.15, 0.2) is 17.5 Å². The van der Waals surface area contributed by atoms with E-state index in [1.54, 1.807) is 0 Å². The third-order valence-electron chi connectivity index (χ3n) is 4.01. The van der Waals surface area contributed by atoms with Crippen molar-refractivity contribution < 1.29 is 9.84 Å². The first-order chi connectivity index (χ1) is 8.38. The summed E-state index contributed by atoms with van der Waals surface area (Å²) < 4.78 is 5.86. The first-order valence-corrected chi connectivity index (χ1v) is 7.25. The van der Waals surface area contributed by atoms with Crippen molar-refractivity contribution in [1.29, 1.82) is 0 Å². The van der Waals surface area contributed by atoms with E-state index in [1.165, 1.54) is 11.3 Å². The van der Waals surface area contributed by atoms with Gasteiger partial charge in [0.2, 0.25) is 0 Å². The minimum Gasteiger partial charge on any atom is -0.396 e. The number of aliphatic hydroxyl groups is 1. The molecular weight excluding hydrogens is 234 g/mol. The number of rotatable bonds is 3. The number of thiophene rings is 1. The van der Waals surface area contributed by atoms with E-state index in [9.17, 15) is 5.11 Å². The second kappa shape index (κ2) is 5.06. The molecule has 94 valence electrons. The molecule has 0 spiro atoms. The largest absolute Gasteiger partial charge is 0.396 e. The summed E-state index contributed by atoms with van der Waals surface area (Å²) in [6.45, 7) is 3.15. The predicted molar refractivity (Wildman–Crippen MR) is 68.1 cm³/mol. The molecule has 2 heterocycles. The van der Waals surface area contributed by atoms with Crippen LogP contribution in [0.1, 0.15) is 17.7 Å². The normalized spacial score (nSPS) is 33.8. The van der Waals surface area contributed by atoms with Gasteiger partial charge in [0, 0.05) is 36.5 Å². The minimum absolute atomic E-state index is 0.258. The minimum atomic E-state index is 0.258. The van der Waals surface area contributed by atoms with Crippen LogP contribution in [0.2, 0.25) is 0 Å². The zero-order chi connectivity index (χ0) is 11.7. The van der Waals surface area contributed by atoms with Gasteiger partial charge in [0.05, 0.1) is 12.7 Å². The molecule has 1 aromatic rings. The number of ether oxygens (including phenoxy) is 1. The Morgan fingerprint density at radius 1 is 1.47 bits per heavy atom. The average molecular weight is 253 g/mol. The van der Waals surface area contributed by atoms with Gasteiger partial charge in [0.25, 0.3) is 0 Å². The van der Waals surface area contributed by atoms with Gasteiger partial charge in [-0.2, -0.15) is 0 Å². The van der Waals surface area contributed by atoms with Gasteiger partial charge >= 0.3 is 0 Å². The van der Waals surface area contributed by atoms with Gasteiger partial charge in [-0.1, -0.05) is 6.07 Å². The zero-order valence-electron chi connectivity index (χ0n) is 9.92. The highest BCUT2D eigenvalue weighted by Crippen LogP contribution is 2.35. The van der Waals surface area contributed by atoms with E-state index in [2.05, 4.69) is 22.4 Å². The Bertz CT molecular complexity index is 354. The molecule has 1 aliphatic carbocycles. The van der Waals surface area contributed by atoms with Crippen LogP contribution in [0.25, 0.3) is 0 Å². The molecule has 1 aliphatic heterocycles. The predicted octanol–water partition coefficient (Wildman–Crippen LogP) is 1.72. The summed E-state index contributed by atoms with van der Waals surface area (Å²) in [6, 6.07) is 4.83. The van der Waals surface area contributed by atoms with Crippen molar-refractivity contribution >= 4 is 11.3 Å². The number of hydrogen-bond donors (Lipinski definition) is 1. The lowest BCUT2D eigenvalue weighted by atomic mass is 10.0. The molecule has 2 fully saturated rings. The van der Waals surface area contributed by atoms with E-state index in [1.807, 2.05) is 11.3 Å². The lowest BCUT2D eigenvalue weighted by Gasteiger charge is -2.38. The first-order valence-electron chi connectivity index (χ1n) is 6.37. The standard InChI is InChI=1S/C13H19NO2S/c15-9-10-3-4-12-13(10)16-6-5-14(12)8-11-2-1-7-17-11/h1-2,7,10,12-13,15H,3-6,8-9H2/t10-,12+,13-/m0/s1. The monoisotopic (exact) mass is 253 g/mol. The summed E-state index contributed by atoms with van der Waals surface area (Å²) in [5, 5.41) is 11.5. The van der Waals surface area contributed by atoms with Crippen molar-refractivity contribution in [2.75, 3.05) is 19.8 Å². The fourth-order valence-corrected chi connectivity index (χ4v) is 3.86. The number of aliphatic hydroxyl groups excluding tert-OH is 1. The van der Waals surface area contributed by atoms with Crippen LogP contribution < -0.4 is 0 Å². The summed E-state index contributed by atoms with van der Waals surface area (Å²) in [7, 11) is 0. The Kier molecular flexibility index (Phi) is 3.47. The van der Waals surface area contributed by atoms with Gasteiger partial charge in [0.15, 0.2) is 0 Å². The van der Waals surface area contributed by atoms with Crippen LogP contribution in [-0.2, 0) is 11.3 Å². The summed E-state index contributed by atoms with van der Waals surface area (Å²) in [6.07, 6.45) is 2.53. The molecule has 4 heteroatoms. The van der Waals surface area contributed by atoms with Crippen molar-refractivity contribution in [3.63, 3.8) is 0 Å². The summed E-state index contributed by atoms with van der Waals surface area (Å²) in [4.78, 5) is 3.97. The third kappa shape index (κ3) is 2.27. The van der Waals surface area contributed by atoms with Crippen LogP contribution in [-0.4, -0.2) is 41.9 Å². The molecule has 0 bridgehead atoms. The van der Waals surface area contributed by atoms with Crippen LogP contribution in [0, 0.1) is 5.92 Å². The maximum atomic E-state index is 9.35. The molecule has 1 N–H and O–H groups in total. The molecule has 3 atom stereocenters. The Labute approximate surface area is 106 Å². The second-order valence-corrected chi connectivity index (χ2v) is 6.00. The quantitative estimate of drug-likeness (QED) is 0.890. The molecule has 3 nitrogen and oxygen atoms in total. The number of hydrogen-bond acceptors (Lipinski definition) is 4. The molecule has 3 rings (SSSR count). The van der Waals surface area contributed by atoms with E-state index in [0.717, 1.165) is 26.1 Å². The van der Waals surface area contributed by atoms with Gasteiger partial charge in [-0.05, 0) is 24.3 Å². The third-order valence-corrected chi connectivity index (χ3v) is 4.87. The molecular formula is C13H19NO2S. The van der Waals surface area contributed by atoms with E-state index in [4.69, 9.17) is 4.74 Å². The Balaban J connectivity index is 1.69. The molecule has 1 saturated carbocycles. The van der Waals surface area contributed by atoms with Crippen molar-refractivity contribution in [2.24, 2.45) is 5.92 Å². The highest BCUT2D eigenvalue weighted by molar-refractivity contribution is 7.09. The molecule has 2 aliphatic rings. The molecule has 0 radical (unpaired) electrons. The molecule has 1 aromatic heterocycles. The van der Waals surface area contributed by atoms with Crippen LogP contribution in [0.3, 0.4) is 0 Å². The maximum Gasteiger partial charge on any atom is 0.0780 e. The summed E-state index contributed by atoms with van der Waals surface area (Å²) in [5.74, 6) is 0.353. The Morgan fingerprint density at radius 3 is 3.18 bits per heavy atom. The fraction of sp³-hybridized carbons (Fsp3) is 0.692. The van der Waals surface area contributed by atoms with E-state index in [0.29, 0.717) is 12.0 Å². The van der Waals surface area contributed by atoms with Crippen molar-refractivity contribution in [2.45, 2.75) is 31.5 Å². The molecule has 17 heavy (non-hydrogen) atoms. The highest BCUT2D eigenvalue weighted by atomic mass is 32.1. The molecule has 0 aromatic carbocycles. The average Bonchev–Trinajstić information content (AvgIpc) is 2.97. The Morgan fingerprint density at radius 2 is 2.41 bits per heavy atom. The van der Waals surface area contributed by atoms with Gasteiger partial charge in [-0.3, -0.25) is 4.90 Å². The van der Waals surface area contributed by atoms with Crippen molar-refractivity contribution in [1.82, 2.24) is 4.90 Å². The molecule has 0 unspecified atom stereocenters. The smallest absolute Gasteiger partial charge is 0.0780 e. The SMILES string of the molecule is OC[C@@H]1CC[C@@H]2[C@H]1OCCN2Cc1cccs1. The van der Waals surface area contributed by atoms with Crippen LogP contribution in [0.4, 0.5) is 0 Å². The Hall–Kier alpha value is -0.420. The van der Waals surface area contributed by atoms with E-state index >= 15 is 0 Å². The summed E-state index contributed by atoms with van der Waals surface area (Å²) in [5.41, 5.74) is 0. The molecule has 0 amide bonds. The van der Waals surface area contributed by atoms with E-state index in [-0.39, 0.29) is 12.7 Å². The lowest BCUT2D eigenvalue weighted by Crippen LogP contribution is -2.49. The number of fused-ring (bicyclic) bond motifs is 1. The van der Waals surface area contributed by atoms with Crippen LogP contribution in [0.5, 0.6) is 0 Å². The van der Waals surface area contributed by atoms with Crippen molar-refractivity contribution in [3.05, 3.63) is 22.4 Å². The topological polar surface area (TPSA) is 32.7 Å². The van der Waals surface area contributed by atoms with Gasteiger partial charge in [0.1, 0.15) is 0 Å². The summed E-state index contributed by atoms with van der Waals surface area (Å²) >= 11 is 1.83. The molecule has 1 saturated heterocycles. The first kappa shape index (κ1) is 11.7. The van der Waals surface area contributed by atoms with Crippen molar-refractivity contribution in [3.8, 4) is 0 Å². The maximum absolute atomic E-state index is 9.35. The van der Waals surface area contributed by atoms with Gasteiger partial charge in [-0.15, -0.1) is 11.3 Å². The number of nitrogens with zero attached hydrogens (tertiary/aromatic N) is 1. The zero-order valence-corrected chi connectivity index (χ0v) is 10.7. The highest BCUT2D eigenvalue weighted by Gasteiger charge is 2.42. The second-order valence-electron chi connectivity index (χ2n) is 4.97. The van der Waals surface area contributed by atoms with Crippen LogP contribution >= 0.6 is 11.3 Å². The van der Waals surface area contributed by atoms with Gasteiger partial charge in [-0.25, -0.2) is 0 Å². The lowest BCUT2D eigenvalue weighted by molar-refractivity contribution is -0.0827. The number of morpholine rings is 1. The fourth-order valence-electron chi connectivity index (χ4n) is 3.13. The van der Waals surface area contributed by atoms with Gasteiger partial charge < -0.3 is 9.84 Å². The van der Waals surface area contributed by atoms with E-state index < -0.39 is 0 Å².